The second-order valence-electron chi connectivity index (χ2n) is 9.07. The number of aryl methyl sites for hydroxylation is 2. The van der Waals surface area contributed by atoms with Gasteiger partial charge in [-0.1, -0.05) is 36.5 Å². The van der Waals surface area contributed by atoms with Gasteiger partial charge in [0.2, 0.25) is 5.55 Å². The molecule has 1 saturated carbocycles. The standard InChI is InChI=1S/C26H27Cl2N3O3/c1-2-16-13-24(30-31-25(32)29-18-6-7-20(27)21(28)14-18)33-23-15-22-17(12-19(16)23)8-11-26(34-22)9-4-3-5-10-26/h6-7,12-15H,2-5,8-11H2,1H3,(H2,29,31,32). The molecule has 1 aliphatic carbocycles. The number of rotatable bonds is 3. The average Bonchev–Trinajstić information content (AvgIpc) is 2.84. The monoisotopic (exact) mass is 499 g/mol. The van der Waals surface area contributed by atoms with E-state index in [9.17, 15) is 4.79 Å². The highest BCUT2D eigenvalue weighted by Gasteiger charge is 2.37. The van der Waals surface area contributed by atoms with Crippen LogP contribution in [0.15, 0.2) is 45.9 Å². The Morgan fingerprint density at radius 3 is 2.65 bits per heavy atom. The summed E-state index contributed by atoms with van der Waals surface area (Å²) < 4.78 is 12.6. The van der Waals surface area contributed by atoms with Crippen LogP contribution in [0.2, 0.25) is 10.0 Å². The van der Waals surface area contributed by atoms with Gasteiger partial charge in [0.25, 0.3) is 0 Å². The van der Waals surface area contributed by atoms with E-state index in [0.717, 1.165) is 48.8 Å². The number of hydrogen-bond acceptors (Lipinski definition) is 4. The van der Waals surface area contributed by atoms with Gasteiger partial charge in [0, 0.05) is 23.2 Å². The molecule has 8 heteroatoms. The van der Waals surface area contributed by atoms with E-state index < -0.39 is 6.03 Å². The Morgan fingerprint density at radius 1 is 1.06 bits per heavy atom. The maximum Gasteiger partial charge on any atom is 0.339 e. The predicted octanol–water partition coefficient (Wildman–Crippen LogP) is 6.97. The van der Waals surface area contributed by atoms with Crippen molar-refractivity contribution in [1.29, 1.82) is 0 Å². The van der Waals surface area contributed by atoms with Crippen molar-refractivity contribution in [1.82, 2.24) is 5.43 Å². The number of carbonyl (C=O) groups excluding carboxylic acids is 1. The number of benzene rings is 2. The van der Waals surface area contributed by atoms with Gasteiger partial charge >= 0.3 is 6.03 Å². The number of hydrogen-bond donors (Lipinski definition) is 2. The zero-order valence-electron chi connectivity index (χ0n) is 19.0. The van der Waals surface area contributed by atoms with E-state index in [1.165, 1.54) is 24.8 Å². The smallest absolute Gasteiger partial charge is 0.339 e. The first kappa shape index (κ1) is 23.1. The lowest BCUT2D eigenvalue weighted by molar-refractivity contribution is 0.0109. The van der Waals surface area contributed by atoms with Crippen LogP contribution >= 0.6 is 23.2 Å². The van der Waals surface area contributed by atoms with Gasteiger partial charge in [0.05, 0.1) is 10.0 Å². The van der Waals surface area contributed by atoms with Gasteiger partial charge in [-0.2, -0.15) is 0 Å². The van der Waals surface area contributed by atoms with E-state index in [2.05, 4.69) is 28.8 Å². The van der Waals surface area contributed by atoms with E-state index in [1.54, 1.807) is 18.2 Å². The fourth-order valence-electron chi connectivity index (χ4n) is 4.98. The van der Waals surface area contributed by atoms with Crippen LogP contribution in [-0.4, -0.2) is 11.6 Å². The third-order valence-electron chi connectivity index (χ3n) is 6.79. The summed E-state index contributed by atoms with van der Waals surface area (Å²) in [5.74, 6) is 0.911. The van der Waals surface area contributed by atoms with Crippen molar-refractivity contribution in [2.24, 2.45) is 5.10 Å². The number of nitrogens with one attached hydrogen (secondary N) is 2. The number of fused-ring (bicyclic) bond motifs is 2. The Balaban J connectivity index is 1.41. The van der Waals surface area contributed by atoms with Crippen molar-refractivity contribution < 1.29 is 13.9 Å². The second kappa shape index (κ2) is 9.51. The zero-order valence-corrected chi connectivity index (χ0v) is 20.6. The van der Waals surface area contributed by atoms with E-state index in [0.29, 0.717) is 26.9 Å². The largest absolute Gasteiger partial charge is 0.487 e. The van der Waals surface area contributed by atoms with Crippen LogP contribution in [-0.2, 0) is 12.8 Å². The number of halogens is 2. The van der Waals surface area contributed by atoms with Crippen LogP contribution in [0.5, 0.6) is 5.75 Å². The average molecular weight is 500 g/mol. The zero-order chi connectivity index (χ0) is 23.7. The fourth-order valence-corrected chi connectivity index (χ4v) is 5.28. The molecule has 2 N–H and O–H groups in total. The molecule has 178 valence electrons. The molecule has 2 aromatic carbocycles. The molecular formula is C26H27Cl2N3O3. The summed E-state index contributed by atoms with van der Waals surface area (Å²) in [7, 11) is 0. The highest BCUT2D eigenvalue weighted by atomic mass is 35.5. The van der Waals surface area contributed by atoms with Gasteiger partial charge in [-0.05, 0) is 80.3 Å². The van der Waals surface area contributed by atoms with Crippen LogP contribution in [0.25, 0.3) is 11.0 Å². The van der Waals surface area contributed by atoms with Crippen molar-refractivity contribution in [2.75, 3.05) is 5.32 Å². The molecule has 2 amide bonds. The SMILES string of the molecule is CCc1cc(=NNC(=O)Nc2ccc(Cl)c(Cl)c2)oc2cc3c(cc12)CCC1(CCCCC1)O3. The van der Waals surface area contributed by atoms with Gasteiger partial charge in [-0.15, -0.1) is 5.10 Å². The minimum atomic E-state index is -0.514. The molecule has 0 bridgehead atoms. The third kappa shape index (κ3) is 4.75. The van der Waals surface area contributed by atoms with Crippen LogP contribution in [0, 0.1) is 0 Å². The quantitative estimate of drug-likeness (QED) is 0.382. The maximum atomic E-state index is 12.3. The van der Waals surface area contributed by atoms with Gasteiger partial charge in [0.15, 0.2) is 0 Å². The minimum Gasteiger partial charge on any atom is -0.487 e. The lowest BCUT2D eigenvalue weighted by atomic mass is 9.79. The number of amides is 2. The van der Waals surface area contributed by atoms with Crippen molar-refractivity contribution in [3.8, 4) is 5.75 Å². The molecular weight excluding hydrogens is 473 g/mol. The number of anilines is 1. The Labute approximate surface area is 208 Å². The van der Waals surface area contributed by atoms with Crippen molar-refractivity contribution in [3.63, 3.8) is 0 Å². The lowest BCUT2D eigenvalue weighted by Crippen LogP contribution is -2.41. The molecule has 0 atom stereocenters. The summed E-state index contributed by atoms with van der Waals surface area (Å²) in [4.78, 5) is 12.3. The topological polar surface area (TPSA) is 75.9 Å². The first-order valence-electron chi connectivity index (χ1n) is 11.8. The van der Waals surface area contributed by atoms with E-state index in [-0.39, 0.29) is 5.60 Å². The first-order valence-corrected chi connectivity index (χ1v) is 12.5. The Bertz CT molecular complexity index is 1310. The predicted molar refractivity (Wildman–Crippen MR) is 135 cm³/mol. The van der Waals surface area contributed by atoms with Crippen molar-refractivity contribution >= 4 is 45.9 Å². The molecule has 2 heterocycles. The Kier molecular flexibility index (Phi) is 6.45. The number of urea groups is 1. The van der Waals surface area contributed by atoms with Crippen LogP contribution < -0.4 is 21.0 Å². The lowest BCUT2D eigenvalue weighted by Gasteiger charge is -2.41. The van der Waals surface area contributed by atoms with Crippen LogP contribution in [0.1, 0.15) is 56.6 Å². The van der Waals surface area contributed by atoms with E-state index in [1.807, 2.05) is 12.1 Å². The van der Waals surface area contributed by atoms with E-state index in [4.69, 9.17) is 32.4 Å². The molecule has 34 heavy (non-hydrogen) atoms. The molecule has 0 saturated heterocycles. The number of nitrogens with zero attached hydrogens (tertiary/aromatic N) is 1. The summed E-state index contributed by atoms with van der Waals surface area (Å²) in [6.45, 7) is 2.09. The molecule has 0 unspecified atom stereocenters. The summed E-state index contributed by atoms with van der Waals surface area (Å²) in [6.07, 6.45) is 8.91. The van der Waals surface area contributed by atoms with Gasteiger partial charge in [-0.25, -0.2) is 10.2 Å². The minimum absolute atomic E-state index is 0.0291. The van der Waals surface area contributed by atoms with Gasteiger partial charge in [-0.3, -0.25) is 0 Å². The number of carbonyl (C=O) groups is 1. The van der Waals surface area contributed by atoms with Crippen LogP contribution in [0.3, 0.4) is 0 Å². The highest BCUT2D eigenvalue weighted by Crippen LogP contribution is 2.43. The summed E-state index contributed by atoms with van der Waals surface area (Å²) in [5, 5.41) is 8.67. The molecule has 5 rings (SSSR count). The van der Waals surface area contributed by atoms with Gasteiger partial charge in [0.1, 0.15) is 16.9 Å². The Morgan fingerprint density at radius 2 is 1.88 bits per heavy atom. The van der Waals surface area contributed by atoms with E-state index >= 15 is 0 Å². The normalized spacial score (nSPS) is 17.3. The fraction of sp³-hybridized carbons (Fsp3) is 0.385. The summed E-state index contributed by atoms with van der Waals surface area (Å²) in [5.41, 5.74) is 6.32. The molecule has 3 aromatic rings. The van der Waals surface area contributed by atoms with Crippen LogP contribution in [0.4, 0.5) is 10.5 Å². The number of ether oxygens (including phenoxy) is 1. The molecule has 1 fully saturated rings. The molecule has 6 nitrogen and oxygen atoms in total. The third-order valence-corrected chi connectivity index (χ3v) is 7.53. The van der Waals surface area contributed by atoms with Gasteiger partial charge < -0.3 is 14.5 Å². The molecule has 1 aromatic heterocycles. The first-order chi connectivity index (χ1) is 16.4. The summed E-state index contributed by atoms with van der Waals surface area (Å²) >= 11 is 11.9. The molecule has 1 aliphatic heterocycles. The molecule has 2 aliphatic rings. The Hall–Kier alpha value is -2.70. The second-order valence-corrected chi connectivity index (χ2v) is 9.89. The van der Waals surface area contributed by atoms with Crippen molar-refractivity contribution in [2.45, 2.75) is 63.9 Å². The van der Waals surface area contributed by atoms with Crippen molar-refractivity contribution in [3.05, 3.63) is 63.1 Å². The maximum absolute atomic E-state index is 12.3. The highest BCUT2D eigenvalue weighted by molar-refractivity contribution is 6.42. The molecule has 1 spiro atoms. The summed E-state index contributed by atoms with van der Waals surface area (Å²) in [6, 6.07) is 10.4. The molecule has 0 radical (unpaired) electrons.